The lowest BCUT2D eigenvalue weighted by molar-refractivity contribution is -0.116. The van der Waals surface area contributed by atoms with Crippen molar-refractivity contribution in [1.82, 2.24) is 20.3 Å². The highest BCUT2D eigenvalue weighted by atomic mass is 32.2. The number of carbonyl (C=O) groups excluding carboxylic acids is 1. The van der Waals surface area contributed by atoms with Crippen LogP contribution < -0.4 is 5.32 Å². The maximum atomic E-state index is 11.9. The molecule has 23 heavy (non-hydrogen) atoms. The third-order valence-corrected chi connectivity index (χ3v) is 4.71. The molecule has 2 heterocycles. The summed E-state index contributed by atoms with van der Waals surface area (Å²) in [5.74, 6) is 0.795. The molecule has 0 fully saturated rings. The van der Waals surface area contributed by atoms with Gasteiger partial charge >= 0.3 is 0 Å². The second-order valence-corrected chi connectivity index (χ2v) is 6.53. The minimum atomic E-state index is -0.159. The number of anilines is 1. The summed E-state index contributed by atoms with van der Waals surface area (Å²) in [5, 5.41) is 14.9. The predicted octanol–water partition coefficient (Wildman–Crippen LogP) is 2.88. The average Bonchev–Trinajstić information content (AvgIpc) is 3.23. The normalized spacial score (nSPS) is 10.7. The summed E-state index contributed by atoms with van der Waals surface area (Å²) in [6.45, 7) is 0. The molecule has 1 amide bonds. The van der Waals surface area contributed by atoms with E-state index in [0.717, 1.165) is 9.90 Å². The second-order valence-electron chi connectivity index (χ2n) is 4.50. The topological polar surface area (TPSA) is 93.8 Å². The highest BCUT2D eigenvalue weighted by molar-refractivity contribution is 8.00. The van der Waals surface area contributed by atoms with Crippen LogP contribution in [0.5, 0.6) is 0 Å². The van der Waals surface area contributed by atoms with Gasteiger partial charge in [0.15, 0.2) is 4.34 Å². The molecule has 0 atom stereocenters. The first-order valence-corrected chi connectivity index (χ1v) is 8.84. The molecule has 9 heteroatoms. The van der Waals surface area contributed by atoms with E-state index >= 15 is 0 Å². The van der Waals surface area contributed by atoms with Gasteiger partial charge in [0, 0.05) is 18.4 Å². The smallest absolute Gasteiger partial charge is 0.227 e. The zero-order chi connectivity index (χ0) is 16.1. The van der Waals surface area contributed by atoms with Gasteiger partial charge in [-0.2, -0.15) is 4.98 Å². The van der Waals surface area contributed by atoms with Crippen molar-refractivity contribution in [2.24, 2.45) is 0 Å². The summed E-state index contributed by atoms with van der Waals surface area (Å²) < 4.78 is 5.98. The first-order chi connectivity index (χ1) is 11.2. The number of amides is 1. The minimum absolute atomic E-state index is 0.159. The number of hydrogen-bond donors (Lipinski definition) is 1. The number of nitrogens with zero attached hydrogens (tertiary/aromatic N) is 4. The van der Waals surface area contributed by atoms with Crippen LogP contribution >= 0.6 is 23.1 Å². The quantitative estimate of drug-likeness (QED) is 0.541. The van der Waals surface area contributed by atoms with Crippen LogP contribution in [0.3, 0.4) is 0 Å². The molecule has 0 saturated carbocycles. The monoisotopic (exact) mass is 347 g/mol. The number of hydrogen-bond acceptors (Lipinski definition) is 8. The van der Waals surface area contributed by atoms with E-state index in [2.05, 4.69) is 25.7 Å². The van der Waals surface area contributed by atoms with Gasteiger partial charge in [-0.25, -0.2) is 0 Å². The predicted molar refractivity (Wildman–Crippen MR) is 88.4 cm³/mol. The lowest BCUT2D eigenvalue weighted by atomic mass is 10.2. The second kappa shape index (κ2) is 7.34. The van der Waals surface area contributed by atoms with Crippen molar-refractivity contribution in [3.8, 4) is 11.4 Å². The van der Waals surface area contributed by atoms with Crippen molar-refractivity contribution in [2.75, 3.05) is 11.6 Å². The fourth-order valence-corrected chi connectivity index (χ4v) is 2.99. The van der Waals surface area contributed by atoms with Gasteiger partial charge in [0.1, 0.15) is 0 Å². The molecule has 7 nitrogen and oxygen atoms in total. The van der Waals surface area contributed by atoms with Gasteiger partial charge in [0.2, 0.25) is 22.8 Å². The van der Waals surface area contributed by atoms with Crippen molar-refractivity contribution < 1.29 is 9.32 Å². The molecule has 0 aliphatic heterocycles. The van der Waals surface area contributed by atoms with Crippen molar-refractivity contribution >= 4 is 34.1 Å². The molecule has 3 rings (SSSR count). The van der Waals surface area contributed by atoms with Gasteiger partial charge in [-0.15, -0.1) is 10.2 Å². The number of thioether (sulfide) groups is 1. The maximum absolute atomic E-state index is 11.9. The molecule has 2 aromatic heterocycles. The van der Waals surface area contributed by atoms with Crippen LogP contribution in [0.15, 0.2) is 39.2 Å². The van der Waals surface area contributed by atoms with Crippen LogP contribution in [0, 0.1) is 0 Å². The Morgan fingerprint density at radius 2 is 2.13 bits per heavy atom. The molecule has 0 radical (unpaired) electrons. The van der Waals surface area contributed by atoms with E-state index in [4.69, 9.17) is 4.52 Å². The third kappa shape index (κ3) is 4.14. The van der Waals surface area contributed by atoms with E-state index in [-0.39, 0.29) is 12.3 Å². The van der Waals surface area contributed by atoms with Crippen molar-refractivity contribution in [3.63, 3.8) is 0 Å². The highest BCUT2D eigenvalue weighted by Gasteiger charge is 2.12. The summed E-state index contributed by atoms with van der Waals surface area (Å²) in [5.41, 5.74) is 0.880. The Labute approximate surface area is 140 Å². The lowest BCUT2D eigenvalue weighted by Gasteiger charge is -1.97. The lowest BCUT2D eigenvalue weighted by Crippen LogP contribution is -2.12. The fraction of sp³-hybridized carbons (Fsp3) is 0.214. The van der Waals surface area contributed by atoms with Gasteiger partial charge in [0.25, 0.3) is 0 Å². The molecule has 0 spiro atoms. The molecule has 0 unspecified atom stereocenters. The minimum Gasteiger partial charge on any atom is -0.339 e. The van der Waals surface area contributed by atoms with Gasteiger partial charge in [0.05, 0.1) is 0 Å². The van der Waals surface area contributed by atoms with Gasteiger partial charge in [-0.05, 0) is 6.26 Å². The van der Waals surface area contributed by atoms with Crippen LogP contribution in [-0.4, -0.2) is 32.5 Å². The van der Waals surface area contributed by atoms with E-state index in [1.54, 1.807) is 0 Å². The molecule has 118 valence electrons. The summed E-state index contributed by atoms with van der Waals surface area (Å²) >= 11 is 2.83. The average molecular weight is 347 g/mol. The van der Waals surface area contributed by atoms with Gasteiger partial charge in [-0.1, -0.05) is 58.6 Å². The standard InChI is InChI=1S/C14H13N5O2S2/c1-22-14-18-17-13(23-14)15-10(20)7-8-11-16-12(19-21-11)9-5-3-2-4-6-9/h2-6H,7-8H2,1H3,(H,15,17,20). The fourth-order valence-electron chi connectivity index (χ4n) is 1.81. The van der Waals surface area contributed by atoms with Crippen LogP contribution in [0.4, 0.5) is 5.13 Å². The Morgan fingerprint density at radius 3 is 2.87 bits per heavy atom. The summed E-state index contributed by atoms with van der Waals surface area (Å²) in [4.78, 5) is 16.2. The zero-order valence-electron chi connectivity index (χ0n) is 12.2. The first-order valence-electron chi connectivity index (χ1n) is 6.80. The van der Waals surface area contributed by atoms with Crippen LogP contribution in [0.1, 0.15) is 12.3 Å². The number of rotatable bonds is 6. The van der Waals surface area contributed by atoms with Gasteiger partial charge in [-0.3, -0.25) is 4.79 Å². The number of aryl methyl sites for hydroxylation is 1. The van der Waals surface area contributed by atoms with E-state index in [1.165, 1.54) is 23.1 Å². The molecule has 3 aromatic rings. The summed E-state index contributed by atoms with van der Waals surface area (Å²) in [6, 6.07) is 9.54. The van der Waals surface area contributed by atoms with E-state index in [1.807, 2.05) is 36.6 Å². The van der Waals surface area contributed by atoms with Crippen molar-refractivity contribution in [3.05, 3.63) is 36.2 Å². The Bertz CT molecular complexity index is 787. The van der Waals surface area contributed by atoms with Crippen molar-refractivity contribution in [2.45, 2.75) is 17.2 Å². The number of nitrogens with one attached hydrogen (secondary N) is 1. The van der Waals surface area contributed by atoms with E-state index in [0.29, 0.717) is 23.3 Å². The van der Waals surface area contributed by atoms with Crippen molar-refractivity contribution in [1.29, 1.82) is 0 Å². The SMILES string of the molecule is CSc1nnc(NC(=O)CCc2nc(-c3ccccc3)no2)s1. The van der Waals surface area contributed by atoms with E-state index < -0.39 is 0 Å². The molecule has 0 aliphatic carbocycles. The molecular formula is C14H13N5O2S2. The number of aromatic nitrogens is 4. The molecule has 0 bridgehead atoms. The molecular weight excluding hydrogens is 334 g/mol. The number of benzene rings is 1. The van der Waals surface area contributed by atoms with Crippen LogP contribution in [0.25, 0.3) is 11.4 Å². The van der Waals surface area contributed by atoms with Gasteiger partial charge < -0.3 is 9.84 Å². The van der Waals surface area contributed by atoms with Crippen LogP contribution in [-0.2, 0) is 11.2 Å². The molecule has 1 N–H and O–H groups in total. The highest BCUT2D eigenvalue weighted by Crippen LogP contribution is 2.23. The summed E-state index contributed by atoms with van der Waals surface area (Å²) in [7, 11) is 0. The zero-order valence-corrected chi connectivity index (χ0v) is 13.9. The largest absolute Gasteiger partial charge is 0.339 e. The third-order valence-electron chi connectivity index (χ3n) is 2.89. The summed E-state index contributed by atoms with van der Waals surface area (Å²) in [6.07, 6.45) is 2.52. The maximum Gasteiger partial charge on any atom is 0.227 e. The molecule has 1 aromatic carbocycles. The Kier molecular flexibility index (Phi) is 4.99. The first kappa shape index (κ1) is 15.6. The number of carbonyl (C=O) groups is 1. The Hall–Kier alpha value is -2.26. The molecule has 0 aliphatic rings. The van der Waals surface area contributed by atoms with Crippen LogP contribution in [0.2, 0.25) is 0 Å². The Balaban J connectivity index is 1.54. The molecule has 0 saturated heterocycles. The Morgan fingerprint density at radius 1 is 1.30 bits per heavy atom. The van der Waals surface area contributed by atoms with E-state index in [9.17, 15) is 4.79 Å².